The van der Waals surface area contributed by atoms with Gasteiger partial charge in [-0.3, -0.25) is 0 Å². The minimum absolute atomic E-state index is 0.659. The lowest BCUT2D eigenvalue weighted by atomic mass is 10.1. The van der Waals surface area contributed by atoms with Crippen LogP contribution in [0, 0.1) is 6.92 Å². The van der Waals surface area contributed by atoms with Crippen LogP contribution in [0.1, 0.15) is 11.3 Å². The number of hydrogen-bond acceptors (Lipinski definition) is 2. The van der Waals surface area contributed by atoms with Crippen molar-refractivity contribution in [1.82, 2.24) is 4.98 Å². The SMILES string of the molecule is Cc1nc(NCCc2ccc(Cl)cc2Cl)ccc1Br. The maximum absolute atomic E-state index is 6.12. The van der Waals surface area contributed by atoms with Crippen molar-refractivity contribution < 1.29 is 0 Å². The number of nitrogens with one attached hydrogen (secondary N) is 1. The van der Waals surface area contributed by atoms with Gasteiger partial charge in [-0.1, -0.05) is 29.3 Å². The van der Waals surface area contributed by atoms with E-state index in [9.17, 15) is 0 Å². The third-order valence-corrected chi connectivity index (χ3v) is 4.16. The summed E-state index contributed by atoms with van der Waals surface area (Å²) in [7, 11) is 0. The zero-order valence-corrected chi connectivity index (χ0v) is 13.5. The molecule has 1 N–H and O–H groups in total. The van der Waals surface area contributed by atoms with E-state index in [1.807, 2.05) is 31.2 Å². The molecule has 1 aromatic heterocycles. The van der Waals surface area contributed by atoms with Gasteiger partial charge in [-0.15, -0.1) is 0 Å². The number of aromatic nitrogens is 1. The first-order valence-electron chi connectivity index (χ1n) is 5.87. The number of halogens is 3. The average molecular weight is 360 g/mol. The van der Waals surface area contributed by atoms with Crippen molar-refractivity contribution in [1.29, 1.82) is 0 Å². The summed E-state index contributed by atoms with van der Waals surface area (Å²) in [6, 6.07) is 9.50. The van der Waals surface area contributed by atoms with Crippen LogP contribution in [0.3, 0.4) is 0 Å². The Balaban J connectivity index is 1.94. The number of aryl methyl sites for hydroxylation is 1. The van der Waals surface area contributed by atoms with E-state index < -0.39 is 0 Å². The fourth-order valence-corrected chi connectivity index (χ4v) is 2.42. The Morgan fingerprint density at radius 3 is 2.68 bits per heavy atom. The molecule has 19 heavy (non-hydrogen) atoms. The van der Waals surface area contributed by atoms with Crippen molar-refractivity contribution in [3.8, 4) is 0 Å². The highest BCUT2D eigenvalue weighted by Gasteiger charge is 2.02. The van der Waals surface area contributed by atoms with E-state index in [4.69, 9.17) is 23.2 Å². The second kappa shape index (κ2) is 6.60. The highest BCUT2D eigenvalue weighted by Crippen LogP contribution is 2.21. The first-order valence-corrected chi connectivity index (χ1v) is 7.42. The number of rotatable bonds is 4. The van der Waals surface area contributed by atoms with Crippen LogP contribution in [0.15, 0.2) is 34.8 Å². The Kier molecular flexibility index (Phi) is 5.08. The van der Waals surface area contributed by atoms with E-state index in [1.165, 1.54) is 0 Å². The Hall–Kier alpha value is -0.770. The van der Waals surface area contributed by atoms with Gasteiger partial charge in [-0.05, 0) is 59.1 Å². The van der Waals surface area contributed by atoms with Gasteiger partial charge in [-0.25, -0.2) is 4.98 Å². The van der Waals surface area contributed by atoms with Gasteiger partial charge in [0.05, 0.1) is 5.69 Å². The van der Waals surface area contributed by atoms with Crippen molar-refractivity contribution in [3.63, 3.8) is 0 Å². The molecule has 0 unspecified atom stereocenters. The molecule has 2 nitrogen and oxygen atoms in total. The number of nitrogens with zero attached hydrogens (tertiary/aromatic N) is 1. The van der Waals surface area contributed by atoms with Gasteiger partial charge in [0.2, 0.25) is 0 Å². The topological polar surface area (TPSA) is 24.9 Å². The number of hydrogen-bond donors (Lipinski definition) is 1. The molecule has 0 amide bonds. The largest absolute Gasteiger partial charge is 0.370 e. The molecular weight excluding hydrogens is 347 g/mol. The van der Waals surface area contributed by atoms with Crippen LogP contribution in [0.25, 0.3) is 0 Å². The third kappa shape index (κ3) is 4.10. The quantitative estimate of drug-likeness (QED) is 0.819. The van der Waals surface area contributed by atoms with Crippen LogP contribution in [0.4, 0.5) is 5.82 Å². The molecule has 0 aliphatic carbocycles. The van der Waals surface area contributed by atoms with Gasteiger partial charge in [0.15, 0.2) is 0 Å². The summed E-state index contributed by atoms with van der Waals surface area (Å²) in [4.78, 5) is 4.43. The van der Waals surface area contributed by atoms with Crippen LogP contribution < -0.4 is 5.32 Å². The summed E-state index contributed by atoms with van der Waals surface area (Å²) in [6.07, 6.45) is 0.826. The van der Waals surface area contributed by atoms with Crippen LogP contribution in [0.5, 0.6) is 0 Å². The van der Waals surface area contributed by atoms with Gasteiger partial charge in [-0.2, -0.15) is 0 Å². The minimum Gasteiger partial charge on any atom is -0.370 e. The lowest BCUT2D eigenvalue weighted by Crippen LogP contribution is -2.07. The molecule has 0 atom stereocenters. The van der Waals surface area contributed by atoms with Crippen LogP contribution >= 0.6 is 39.1 Å². The summed E-state index contributed by atoms with van der Waals surface area (Å²) in [6.45, 7) is 2.74. The highest BCUT2D eigenvalue weighted by atomic mass is 79.9. The number of benzene rings is 1. The van der Waals surface area contributed by atoms with E-state index in [0.717, 1.165) is 34.5 Å². The molecule has 0 spiro atoms. The van der Waals surface area contributed by atoms with Crippen molar-refractivity contribution in [2.45, 2.75) is 13.3 Å². The standard InChI is InChI=1S/C14H13BrCl2N2/c1-9-12(15)4-5-14(19-9)18-7-6-10-2-3-11(16)8-13(10)17/h2-5,8H,6-7H2,1H3,(H,18,19). The van der Waals surface area contributed by atoms with Crippen LogP contribution in [0.2, 0.25) is 10.0 Å². The van der Waals surface area contributed by atoms with E-state index in [-0.39, 0.29) is 0 Å². The molecule has 0 aliphatic rings. The molecule has 1 heterocycles. The zero-order valence-electron chi connectivity index (χ0n) is 10.4. The van der Waals surface area contributed by atoms with Crippen molar-refractivity contribution >= 4 is 44.9 Å². The van der Waals surface area contributed by atoms with Crippen LogP contribution in [-0.4, -0.2) is 11.5 Å². The molecular formula is C14H13BrCl2N2. The van der Waals surface area contributed by atoms with Gasteiger partial charge in [0.1, 0.15) is 5.82 Å². The Bertz CT molecular complexity index is 588. The lowest BCUT2D eigenvalue weighted by Gasteiger charge is -2.08. The second-order valence-corrected chi connectivity index (χ2v) is 5.87. The highest BCUT2D eigenvalue weighted by molar-refractivity contribution is 9.10. The summed E-state index contributed by atoms with van der Waals surface area (Å²) < 4.78 is 1.01. The van der Waals surface area contributed by atoms with Gasteiger partial charge < -0.3 is 5.32 Å². The fourth-order valence-electron chi connectivity index (χ4n) is 1.69. The Morgan fingerprint density at radius 1 is 1.21 bits per heavy atom. The summed E-state index contributed by atoms with van der Waals surface area (Å²) in [5.74, 6) is 0.866. The first kappa shape index (κ1) is 14.6. The molecule has 0 radical (unpaired) electrons. The lowest BCUT2D eigenvalue weighted by molar-refractivity contribution is 1.000. The molecule has 0 saturated heterocycles. The normalized spacial score (nSPS) is 10.5. The molecule has 0 bridgehead atoms. The molecule has 0 fully saturated rings. The maximum Gasteiger partial charge on any atom is 0.126 e. The molecule has 1 aromatic carbocycles. The molecule has 2 rings (SSSR count). The summed E-state index contributed by atoms with van der Waals surface area (Å²) >= 11 is 15.4. The number of pyridine rings is 1. The monoisotopic (exact) mass is 358 g/mol. The van der Waals surface area contributed by atoms with Gasteiger partial charge in [0.25, 0.3) is 0 Å². The maximum atomic E-state index is 6.12. The molecule has 100 valence electrons. The van der Waals surface area contributed by atoms with Gasteiger partial charge in [0, 0.05) is 21.1 Å². The average Bonchev–Trinajstić information content (AvgIpc) is 2.36. The number of anilines is 1. The fraction of sp³-hybridized carbons (Fsp3) is 0.214. The second-order valence-electron chi connectivity index (χ2n) is 4.18. The predicted octanol–water partition coefficient (Wildman–Crippen LogP) is 5.11. The van der Waals surface area contributed by atoms with Crippen molar-refractivity contribution in [2.75, 3.05) is 11.9 Å². The molecule has 0 aliphatic heterocycles. The van der Waals surface area contributed by atoms with Crippen molar-refractivity contribution in [2.24, 2.45) is 0 Å². The van der Waals surface area contributed by atoms with Crippen molar-refractivity contribution in [3.05, 3.63) is 56.1 Å². The molecule has 2 aromatic rings. The van der Waals surface area contributed by atoms with Gasteiger partial charge >= 0.3 is 0 Å². The smallest absolute Gasteiger partial charge is 0.126 e. The predicted molar refractivity (Wildman–Crippen MR) is 85.3 cm³/mol. The van der Waals surface area contributed by atoms with E-state index >= 15 is 0 Å². The third-order valence-electron chi connectivity index (χ3n) is 2.74. The molecule has 0 saturated carbocycles. The van der Waals surface area contributed by atoms with Crippen LogP contribution in [-0.2, 0) is 6.42 Å². The summed E-state index contributed by atoms with van der Waals surface area (Å²) in [5.41, 5.74) is 2.04. The Labute approximate surface area is 131 Å². The first-order chi connectivity index (χ1) is 9.06. The Morgan fingerprint density at radius 2 is 2.00 bits per heavy atom. The van der Waals surface area contributed by atoms with E-state index in [2.05, 4.69) is 26.2 Å². The van der Waals surface area contributed by atoms with E-state index in [0.29, 0.717) is 10.0 Å². The minimum atomic E-state index is 0.659. The zero-order chi connectivity index (χ0) is 13.8. The van der Waals surface area contributed by atoms with E-state index in [1.54, 1.807) is 6.07 Å². The summed E-state index contributed by atoms with van der Waals surface area (Å²) in [5, 5.41) is 4.64. The molecule has 5 heteroatoms.